The summed E-state index contributed by atoms with van der Waals surface area (Å²) in [5.74, 6) is -0.570. The molecule has 0 saturated carbocycles. The predicted molar refractivity (Wildman–Crippen MR) is 50.1 cm³/mol. The molecule has 0 spiro atoms. The topological polar surface area (TPSA) is 78.0 Å². The third-order valence-electron chi connectivity index (χ3n) is 1.48. The van der Waals surface area contributed by atoms with Crippen molar-refractivity contribution >= 4 is 21.8 Å². The monoisotopic (exact) mass is 245 g/mol. The summed E-state index contributed by atoms with van der Waals surface area (Å²) in [5, 5.41) is 0. The fraction of sp³-hybridized carbons (Fsp3) is 0.286. The van der Waals surface area contributed by atoms with Crippen LogP contribution in [0.4, 0.5) is 0 Å². The van der Waals surface area contributed by atoms with Crippen LogP contribution in [0.3, 0.4) is 0 Å². The number of carbonyl (C=O) groups excluding carboxylic acids is 1. The fourth-order valence-corrected chi connectivity index (χ4v) is 1.16. The molecule has 0 aromatic carbocycles. The minimum Gasteiger partial charge on any atom is -0.368 e. The Morgan fingerprint density at radius 1 is 1.77 bits per heavy atom. The second-order valence-corrected chi connectivity index (χ2v) is 3.34. The van der Waals surface area contributed by atoms with E-state index in [9.17, 15) is 9.59 Å². The van der Waals surface area contributed by atoms with Gasteiger partial charge in [-0.2, -0.15) is 0 Å². The van der Waals surface area contributed by atoms with Crippen molar-refractivity contribution in [3.05, 3.63) is 26.8 Å². The van der Waals surface area contributed by atoms with Gasteiger partial charge in [0, 0.05) is 0 Å². The number of aryl methyl sites for hydroxylation is 1. The van der Waals surface area contributed by atoms with Crippen molar-refractivity contribution in [1.29, 1.82) is 0 Å². The highest BCUT2D eigenvalue weighted by Gasteiger charge is 2.06. The SMILES string of the molecule is Cc1ncn(CC(N)=O)c(=O)c1Br. The molecule has 2 N–H and O–H groups in total. The molecule has 1 amide bonds. The van der Waals surface area contributed by atoms with Crippen LogP contribution in [0.1, 0.15) is 5.69 Å². The normalized spacial score (nSPS) is 10.0. The van der Waals surface area contributed by atoms with Crippen LogP contribution in [-0.4, -0.2) is 15.5 Å². The highest BCUT2D eigenvalue weighted by molar-refractivity contribution is 9.10. The second-order valence-electron chi connectivity index (χ2n) is 2.54. The lowest BCUT2D eigenvalue weighted by Crippen LogP contribution is -2.29. The summed E-state index contributed by atoms with van der Waals surface area (Å²) in [4.78, 5) is 25.8. The molecule has 0 unspecified atom stereocenters. The molecular formula is C7H8BrN3O2. The molecule has 0 bridgehead atoms. The van der Waals surface area contributed by atoms with Gasteiger partial charge in [-0.1, -0.05) is 0 Å². The van der Waals surface area contributed by atoms with Crippen LogP contribution < -0.4 is 11.3 Å². The Morgan fingerprint density at radius 2 is 2.38 bits per heavy atom. The van der Waals surface area contributed by atoms with E-state index in [1.165, 1.54) is 6.33 Å². The number of hydrogen-bond acceptors (Lipinski definition) is 3. The van der Waals surface area contributed by atoms with Crippen molar-refractivity contribution in [3.8, 4) is 0 Å². The minimum absolute atomic E-state index is 0.148. The third-order valence-corrected chi connectivity index (χ3v) is 2.40. The minimum atomic E-state index is -0.570. The van der Waals surface area contributed by atoms with Crippen molar-refractivity contribution in [1.82, 2.24) is 9.55 Å². The zero-order valence-corrected chi connectivity index (χ0v) is 8.54. The average molecular weight is 246 g/mol. The molecule has 0 fully saturated rings. The maximum Gasteiger partial charge on any atom is 0.268 e. The highest BCUT2D eigenvalue weighted by Crippen LogP contribution is 2.05. The molecule has 13 heavy (non-hydrogen) atoms. The van der Waals surface area contributed by atoms with Crippen LogP contribution >= 0.6 is 15.9 Å². The molecular weight excluding hydrogens is 238 g/mol. The van der Waals surface area contributed by atoms with Gasteiger partial charge in [0.2, 0.25) is 5.91 Å². The molecule has 70 valence electrons. The number of carbonyl (C=O) groups is 1. The molecule has 0 radical (unpaired) electrons. The Morgan fingerprint density at radius 3 is 2.92 bits per heavy atom. The number of rotatable bonds is 2. The highest BCUT2D eigenvalue weighted by atomic mass is 79.9. The molecule has 0 saturated heterocycles. The molecule has 6 heteroatoms. The maximum atomic E-state index is 11.4. The standard InChI is InChI=1S/C7H8BrN3O2/c1-4-6(8)7(13)11(3-10-4)2-5(9)12/h3H,2H2,1H3,(H2,9,12). The Balaban J connectivity index is 3.19. The smallest absolute Gasteiger partial charge is 0.268 e. The lowest BCUT2D eigenvalue weighted by Gasteiger charge is -2.03. The number of amides is 1. The molecule has 0 atom stereocenters. The number of aromatic nitrogens is 2. The molecule has 1 heterocycles. The largest absolute Gasteiger partial charge is 0.368 e. The van der Waals surface area contributed by atoms with E-state index in [1.54, 1.807) is 6.92 Å². The number of nitrogens with two attached hydrogens (primary N) is 1. The summed E-state index contributed by atoms with van der Waals surface area (Å²) in [5.41, 5.74) is 5.23. The number of halogens is 1. The van der Waals surface area contributed by atoms with E-state index in [0.717, 1.165) is 4.57 Å². The van der Waals surface area contributed by atoms with Crippen LogP contribution in [-0.2, 0) is 11.3 Å². The van der Waals surface area contributed by atoms with E-state index in [0.29, 0.717) is 10.2 Å². The summed E-state index contributed by atoms with van der Waals surface area (Å²) in [6, 6.07) is 0. The van der Waals surface area contributed by atoms with Crippen LogP contribution in [0.5, 0.6) is 0 Å². The first-order valence-corrected chi connectivity index (χ1v) is 4.31. The first kappa shape index (κ1) is 9.91. The van der Waals surface area contributed by atoms with E-state index in [4.69, 9.17) is 5.73 Å². The molecule has 0 aliphatic heterocycles. The first-order valence-electron chi connectivity index (χ1n) is 3.52. The number of nitrogens with zero attached hydrogens (tertiary/aromatic N) is 2. The predicted octanol–water partition coefficient (Wildman–Crippen LogP) is -0.200. The summed E-state index contributed by atoms with van der Waals surface area (Å²) in [7, 11) is 0. The van der Waals surface area contributed by atoms with Crippen molar-refractivity contribution < 1.29 is 4.79 Å². The molecule has 1 aromatic rings. The van der Waals surface area contributed by atoms with Crippen molar-refractivity contribution in [2.45, 2.75) is 13.5 Å². The summed E-state index contributed by atoms with van der Waals surface area (Å²) >= 11 is 3.07. The summed E-state index contributed by atoms with van der Waals surface area (Å²) < 4.78 is 1.51. The van der Waals surface area contributed by atoms with Crippen LogP contribution in [0.2, 0.25) is 0 Å². The van der Waals surface area contributed by atoms with Gasteiger partial charge in [0.15, 0.2) is 0 Å². The maximum absolute atomic E-state index is 11.4. The quantitative estimate of drug-likeness (QED) is 0.784. The van der Waals surface area contributed by atoms with Crippen molar-refractivity contribution in [2.24, 2.45) is 5.73 Å². The zero-order chi connectivity index (χ0) is 10.0. The van der Waals surface area contributed by atoms with Gasteiger partial charge in [0.25, 0.3) is 5.56 Å². The number of hydrogen-bond donors (Lipinski definition) is 1. The van der Waals surface area contributed by atoms with E-state index in [-0.39, 0.29) is 12.1 Å². The van der Waals surface area contributed by atoms with E-state index in [1.807, 2.05) is 0 Å². The lowest BCUT2D eigenvalue weighted by atomic mass is 10.4. The molecule has 0 aliphatic rings. The van der Waals surface area contributed by atoms with Gasteiger partial charge in [-0.15, -0.1) is 0 Å². The van der Waals surface area contributed by atoms with Gasteiger partial charge in [0.1, 0.15) is 11.0 Å². The van der Waals surface area contributed by atoms with Crippen LogP contribution in [0.25, 0.3) is 0 Å². The summed E-state index contributed by atoms with van der Waals surface area (Å²) in [6.45, 7) is 1.55. The second kappa shape index (κ2) is 3.69. The van der Waals surface area contributed by atoms with Gasteiger partial charge in [-0.05, 0) is 22.9 Å². The van der Waals surface area contributed by atoms with Crippen LogP contribution in [0, 0.1) is 6.92 Å². The fourth-order valence-electron chi connectivity index (χ4n) is 0.827. The third kappa shape index (κ3) is 2.15. The average Bonchev–Trinajstić information content (AvgIpc) is 2.06. The number of primary amides is 1. The first-order chi connectivity index (χ1) is 6.02. The molecule has 0 aliphatic carbocycles. The zero-order valence-electron chi connectivity index (χ0n) is 6.95. The van der Waals surface area contributed by atoms with Gasteiger partial charge in [-0.25, -0.2) is 4.98 Å². The van der Waals surface area contributed by atoms with E-state index >= 15 is 0 Å². The van der Waals surface area contributed by atoms with Crippen molar-refractivity contribution in [2.75, 3.05) is 0 Å². The Labute approximate surface area is 82.7 Å². The lowest BCUT2D eigenvalue weighted by molar-refractivity contribution is -0.118. The van der Waals surface area contributed by atoms with E-state index < -0.39 is 5.91 Å². The van der Waals surface area contributed by atoms with Gasteiger partial charge in [-0.3, -0.25) is 14.2 Å². The molecule has 1 rings (SSSR count). The Bertz CT molecular complexity index is 399. The van der Waals surface area contributed by atoms with Crippen LogP contribution in [0.15, 0.2) is 15.6 Å². The molecule has 5 nitrogen and oxygen atoms in total. The Hall–Kier alpha value is -1.17. The molecule has 1 aromatic heterocycles. The van der Waals surface area contributed by atoms with E-state index in [2.05, 4.69) is 20.9 Å². The van der Waals surface area contributed by atoms with Gasteiger partial charge < -0.3 is 5.73 Å². The van der Waals surface area contributed by atoms with Crippen molar-refractivity contribution in [3.63, 3.8) is 0 Å². The van der Waals surface area contributed by atoms with Gasteiger partial charge in [0.05, 0.1) is 12.0 Å². The Kier molecular flexibility index (Phi) is 2.82. The summed E-state index contributed by atoms with van der Waals surface area (Å²) in [6.07, 6.45) is 1.30. The van der Waals surface area contributed by atoms with Gasteiger partial charge >= 0.3 is 0 Å².